The van der Waals surface area contributed by atoms with Crippen molar-refractivity contribution in [3.05, 3.63) is 12.2 Å². The van der Waals surface area contributed by atoms with Gasteiger partial charge >= 0.3 is 0 Å². The molecule has 4 nitrogen and oxygen atoms in total. The van der Waals surface area contributed by atoms with E-state index in [2.05, 4.69) is 22.0 Å². The third kappa shape index (κ3) is 2.19. The number of fused-ring (bicyclic) bond motifs is 2. The predicted molar refractivity (Wildman–Crippen MR) is 70.9 cm³/mol. The lowest BCUT2D eigenvalue weighted by Crippen LogP contribution is -2.51. The van der Waals surface area contributed by atoms with Gasteiger partial charge in [0.2, 0.25) is 5.91 Å². The average Bonchev–Trinajstić information content (AvgIpc) is 3.01. The zero-order chi connectivity index (χ0) is 12.5. The van der Waals surface area contributed by atoms with Crippen molar-refractivity contribution in [1.82, 2.24) is 9.80 Å². The van der Waals surface area contributed by atoms with E-state index < -0.39 is 0 Å². The minimum absolute atomic E-state index is 0.279. The average molecular weight is 249 g/mol. The molecule has 3 aliphatic rings. The lowest BCUT2D eigenvalue weighted by atomic mass is 9.92. The van der Waals surface area contributed by atoms with Crippen molar-refractivity contribution >= 4 is 5.91 Å². The SMILES string of the molecule is NCCN1CCN(C(=O)C2CC3C=CC2C3)CC1. The van der Waals surface area contributed by atoms with Crippen LogP contribution in [0.15, 0.2) is 12.2 Å². The molecule has 0 aromatic rings. The molecule has 2 N–H and O–H groups in total. The van der Waals surface area contributed by atoms with Crippen LogP contribution >= 0.6 is 0 Å². The van der Waals surface area contributed by atoms with E-state index in [9.17, 15) is 4.79 Å². The van der Waals surface area contributed by atoms with Crippen LogP contribution in [0.1, 0.15) is 12.8 Å². The molecule has 1 amide bonds. The first kappa shape index (κ1) is 12.2. The van der Waals surface area contributed by atoms with Gasteiger partial charge < -0.3 is 10.6 Å². The quantitative estimate of drug-likeness (QED) is 0.732. The summed E-state index contributed by atoms with van der Waals surface area (Å²) in [5.74, 6) is 1.90. The molecule has 1 saturated heterocycles. The van der Waals surface area contributed by atoms with Crippen molar-refractivity contribution in [3.8, 4) is 0 Å². The second-order valence-electron chi connectivity index (χ2n) is 5.84. The molecule has 0 aromatic carbocycles. The molecule has 3 atom stereocenters. The number of nitrogens with zero attached hydrogens (tertiary/aromatic N) is 2. The van der Waals surface area contributed by atoms with Gasteiger partial charge in [-0.3, -0.25) is 9.69 Å². The Kier molecular flexibility index (Phi) is 3.39. The van der Waals surface area contributed by atoms with Crippen LogP contribution in [0.25, 0.3) is 0 Å². The molecular weight excluding hydrogens is 226 g/mol. The van der Waals surface area contributed by atoms with Gasteiger partial charge in [0, 0.05) is 45.2 Å². The van der Waals surface area contributed by atoms with Gasteiger partial charge in [0.25, 0.3) is 0 Å². The monoisotopic (exact) mass is 249 g/mol. The van der Waals surface area contributed by atoms with Crippen molar-refractivity contribution in [2.45, 2.75) is 12.8 Å². The number of rotatable bonds is 3. The van der Waals surface area contributed by atoms with Crippen LogP contribution in [-0.2, 0) is 4.79 Å². The van der Waals surface area contributed by atoms with E-state index in [4.69, 9.17) is 5.73 Å². The molecule has 1 aliphatic heterocycles. The van der Waals surface area contributed by atoms with Crippen molar-refractivity contribution in [1.29, 1.82) is 0 Å². The topological polar surface area (TPSA) is 49.6 Å². The maximum atomic E-state index is 12.5. The van der Waals surface area contributed by atoms with Crippen LogP contribution in [-0.4, -0.2) is 55.0 Å². The van der Waals surface area contributed by atoms with Crippen LogP contribution in [0.2, 0.25) is 0 Å². The number of allylic oxidation sites excluding steroid dienone is 2. The number of piperazine rings is 1. The fourth-order valence-corrected chi connectivity index (χ4v) is 3.67. The number of carbonyl (C=O) groups excluding carboxylic acids is 1. The lowest BCUT2D eigenvalue weighted by molar-refractivity contribution is -0.138. The minimum atomic E-state index is 0.279. The summed E-state index contributed by atoms with van der Waals surface area (Å²) in [5, 5.41) is 0. The zero-order valence-corrected chi connectivity index (χ0v) is 10.9. The molecule has 4 heteroatoms. The summed E-state index contributed by atoms with van der Waals surface area (Å²) in [6, 6.07) is 0. The first-order valence-corrected chi connectivity index (χ1v) is 7.17. The summed E-state index contributed by atoms with van der Waals surface area (Å²) in [7, 11) is 0. The highest BCUT2D eigenvalue weighted by molar-refractivity contribution is 5.80. The van der Waals surface area contributed by atoms with Crippen molar-refractivity contribution in [3.63, 3.8) is 0 Å². The van der Waals surface area contributed by atoms with Gasteiger partial charge in [-0.1, -0.05) is 12.2 Å². The van der Waals surface area contributed by atoms with Crippen LogP contribution in [0, 0.1) is 17.8 Å². The highest BCUT2D eigenvalue weighted by Crippen LogP contribution is 2.44. The third-order valence-electron chi connectivity index (χ3n) is 4.73. The maximum Gasteiger partial charge on any atom is 0.226 e. The summed E-state index contributed by atoms with van der Waals surface area (Å²) in [5.41, 5.74) is 5.56. The van der Waals surface area contributed by atoms with Gasteiger partial charge in [-0.2, -0.15) is 0 Å². The number of hydrogen-bond acceptors (Lipinski definition) is 3. The molecule has 100 valence electrons. The van der Waals surface area contributed by atoms with E-state index in [0.29, 0.717) is 24.3 Å². The molecule has 0 spiro atoms. The molecular formula is C14H23N3O. The summed E-state index contributed by atoms with van der Waals surface area (Å²) in [4.78, 5) is 16.9. The fraction of sp³-hybridized carbons (Fsp3) is 0.786. The van der Waals surface area contributed by atoms with Crippen LogP contribution in [0.3, 0.4) is 0 Å². The Bertz CT molecular complexity index is 347. The molecule has 2 fully saturated rings. The first-order valence-electron chi connectivity index (χ1n) is 7.17. The second kappa shape index (κ2) is 5.02. The zero-order valence-electron chi connectivity index (χ0n) is 10.9. The standard InChI is InChI=1S/C14H23N3O/c15-3-4-16-5-7-17(8-6-16)14(18)13-10-11-1-2-12(13)9-11/h1-2,11-13H,3-10,15H2. The van der Waals surface area contributed by atoms with Gasteiger partial charge in [0.1, 0.15) is 0 Å². The van der Waals surface area contributed by atoms with Gasteiger partial charge in [-0.15, -0.1) is 0 Å². The molecule has 2 aliphatic carbocycles. The maximum absolute atomic E-state index is 12.5. The van der Waals surface area contributed by atoms with Crippen molar-refractivity contribution in [2.24, 2.45) is 23.5 Å². The van der Waals surface area contributed by atoms with Crippen LogP contribution in [0.5, 0.6) is 0 Å². The summed E-state index contributed by atoms with van der Waals surface area (Å²) < 4.78 is 0. The fourth-order valence-electron chi connectivity index (χ4n) is 3.67. The number of amides is 1. The largest absolute Gasteiger partial charge is 0.340 e. The second-order valence-corrected chi connectivity index (χ2v) is 5.84. The summed E-state index contributed by atoms with van der Waals surface area (Å²) in [6.07, 6.45) is 6.86. The molecule has 3 rings (SSSR count). The highest BCUT2D eigenvalue weighted by atomic mass is 16.2. The van der Waals surface area contributed by atoms with Gasteiger partial charge in [0.15, 0.2) is 0 Å². The minimum Gasteiger partial charge on any atom is -0.340 e. The number of hydrogen-bond donors (Lipinski definition) is 1. The van der Waals surface area contributed by atoms with E-state index in [1.165, 1.54) is 6.42 Å². The predicted octanol–water partition coefficient (Wildman–Crippen LogP) is 0.302. The molecule has 1 saturated carbocycles. The Balaban J connectivity index is 1.54. The molecule has 1 heterocycles. The highest BCUT2D eigenvalue weighted by Gasteiger charge is 2.41. The Morgan fingerprint density at radius 3 is 2.50 bits per heavy atom. The van der Waals surface area contributed by atoms with E-state index in [-0.39, 0.29) is 5.92 Å². The van der Waals surface area contributed by atoms with Crippen molar-refractivity contribution in [2.75, 3.05) is 39.3 Å². The molecule has 18 heavy (non-hydrogen) atoms. The lowest BCUT2D eigenvalue weighted by Gasteiger charge is -2.36. The first-order chi connectivity index (χ1) is 8.78. The van der Waals surface area contributed by atoms with Gasteiger partial charge in [0.05, 0.1) is 0 Å². The molecule has 3 unspecified atom stereocenters. The Morgan fingerprint density at radius 2 is 1.94 bits per heavy atom. The van der Waals surface area contributed by atoms with E-state index in [1.54, 1.807) is 0 Å². The Labute approximate surface area is 109 Å². The summed E-state index contributed by atoms with van der Waals surface area (Å²) >= 11 is 0. The van der Waals surface area contributed by atoms with Crippen molar-refractivity contribution < 1.29 is 4.79 Å². The van der Waals surface area contributed by atoms with Crippen LogP contribution < -0.4 is 5.73 Å². The van der Waals surface area contributed by atoms with E-state index in [0.717, 1.165) is 39.1 Å². The smallest absolute Gasteiger partial charge is 0.226 e. The molecule has 2 bridgehead atoms. The normalized spacial score (nSPS) is 35.4. The third-order valence-corrected chi connectivity index (χ3v) is 4.73. The number of carbonyl (C=O) groups is 1. The van der Waals surface area contributed by atoms with Gasteiger partial charge in [-0.25, -0.2) is 0 Å². The van der Waals surface area contributed by atoms with Gasteiger partial charge in [-0.05, 0) is 24.7 Å². The van der Waals surface area contributed by atoms with E-state index in [1.807, 2.05) is 0 Å². The Morgan fingerprint density at radius 1 is 1.17 bits per heavy atom. The van der Waals surface area contributed by atoms with E-state index >= 15 is 0 Å². The molecule has 0 aromatic heterocycles. The summed E-state index contributed by atoms with van der Waals surface area (Å²) in [6.45, 7) is 5.41. The Hall–Kier alpha value is -0.870. The number of nitrogens with two attached hydrogens (primary N) is 1. The van der Waals surface area contributed by atoms with Crippen LogP contribution in [0.4, 0.5) is 0 Å². The molecule has 0 radical (unpaired) electrons.